The topological polar surface area (TPSA) is 17.1 Å². The maximum absolute atomic E-state index is 12.1. The minimum Gasteiger partial charge on any atom is -0.299 e. The van der Waals surface area contributed by atoms with Gasteiger partial charge >= 0.3 is 0 Å². The molecule has 0 amide bonds. The van der Waals surface area contributed by atoms with Crippen molar-refractivity contribution < 1.29 is 4.79 Å². The van der Waals surface area contributed by atoms with Gasteiger partial charge in [0.2, 0.25) is 0 Å². The Labute approximate surface area is 132 Å². The molecule has 108 valence electrons. The number of hydrogen-bond acceptors (Lipinski definition) is 1. The zero-order chi connectivity index (χ0) is 15.8. The summed E-state index contributed by atoms with van der Waals surface area (Å²) < 4.78 is 0. The third-order valence-corrected chi connectivity index (χ3v) is 3.25. The van der Waals surface area contributed by atoms with Gasteiger partial charge in [-0.3, -0.25) is 4.79 Å². The average Bonchev–Trinajstić information content (AvgIpc) is 2.52. The minimum absolute atomic E-state index is 0.212. The van der Waals surface area contributed by atoms with Crippen LogP contribution in [0.15, 0.2) is 48.5 Å². The Morgan fingerprint density at radius 3 is 1.41 bits per heavy atom. The summed E-state index contributed by atoms with van der Waals surface area (Å²) in [6.45, 7) is 3.63. The van der Waals surface area contributed by atoms with Gasteiger partial charge in [-0.1, -0.05) is 36.1 Å². The van der Waals surface area contributed by atoms with Gasteiger partial charge in [0, 0.05) is 24.0 Å². The molecule has 0 aliphatic rings. The highest BCUT2D eigenvalue weighted by molar-refractivity contribution is 5.83. The monoisotopic (exact) mass is 286 g/mol. The van der Waals surface area contributed by atoms with Crippen molar-refractivity contribution in [2.45, 2.75) is 26.7 Å². The summed E-state index contributed by atoms with van der Waals surface area (Å²) in [4.78, 5) is 12.1. The molecule has 0 aromatic heterocycles. The van der Waals surface area contributed by atoms with Crippen LogP contribution in [0.3, 0.4) is 0 Å². The van der Waals surface area contributed by atoms with E-state index < -0.39 is 0 Å². The third kappa shape index (κ3) is 4.65. The lowest BCUT2D eigenvalue weighted by molar-refractivity contribution is -0.117. The van der Waals surface area contributed by atoms with E-state index in [0.717, 1.165) is 22.3 Å². The zero-order valence-corrected chi connectivity index (χ0v) is 12.9. The van der Waals surface area contributed by atoms with Gasteiger partial charge in [0.1, 0.15) is 5.78 Å². The molecule has 0 N–H and O–H groups in total. The fraction of sp³-hybridized carbons (Fsp3) is 0.190. The molecule has 0 atom stereocenters. The molecule has 0 aliphatic heterocycles. The summed E-state index contributed by atoms with van der Waals surface area (Å²) in [7, 11) is 0. The Hall–Kier alpha value is -2.77. The first-order chi connectivity index (χ1) is 10.7. The fourth-order valence-electron chi connectivity index (χ4n) is 2.22. The lowest BCUT2D eigenvalue weighted by atomic mass is 10.0. The smallest absolute Gasteiger partial charge is 0.141 e. The van der Waals surface area contributed by atoms with Crippen LogP contribution in [-0.2, 0) is 17.6 Å². The fourth-order valence-corrected chi connectivity index (χ4v) is 2.22. The summed E-state index contributed by atoms with van der Waals surface area (Å²) in [5.41, 5.74) is 4.01. The highest BCUT2D eigenvalue weighted by atomic mass is 16.1. The van der Waals surface area contributed by atoms with Crippen molar-refractivity contribution in [2.75, 3.05) is 0 Å². The lowest BCUT2D eigenvalue weighted by Crippen LogP contribution is -2.06. The van der Waals surface area contributed by atoms with Crippen LogP contribution in [0.1, 0.15) is 36.1 Å². The maximum Gasteiger partial charge on any atom is 0.141 e. The van der Waals surface area contributed by atoms with Gasteiger partial charge in [0.25, 0.3) is 0 Å². The number of Topliss-reactive ketones (excluding diaryl/α,β-unsaturated/α-hetero) is 1. The second-order valence-electron chi connectivity index (χ2n) is 5.04. The van der Waals surface area contributed by atoms with Crippen LogP contribution in [0.4, 0.5) is 0 Å². The van der Waals surface area contributed by atoms with Crippen molar-refractivity contribution in [3.8, 4) is 23.7 Å². The predicted octanol–water partition coefficient (Wildman–Crippen LogP) is 3.78. The molecule has 0 heterocycles. The van der Waals surface area contributed by atoms with Crippen LogP contribution in [0.5, 0.6) is 0 Å². The van der Waals surface area contributed by atoms with Crippen LogP contribution in [-0.4, -0.2) is 5.78 Å². The predicted molar refractivity (Wildman–Crippen MR) is 90.4 cm³/mol. The second-order valence-corrected chi connectivity index (χ2v) is 5.04. The normalized spacial score (nSPS) is 9.18. The lowest BCUT2D eigenvalue weighted by Gasteiger charge is -2.03. The number of carbonyl (C=O) groups excluding carboxylic acids is 1. The number of hydrogen-bond donors (Lipinski definition) is 0. The van der Waals surface area contributed by atoms with E-state index in [1.165, 1.54) is 0 Å². The van der Waals surface area contributed by atoms with Crippen molar-refractivity contribution in [2.24, 2.45) is 0 Å². The van der Waals surface area contributed by atoms with E-state index in [0.29, 0.717) is 12.8 Å². The molecular formula is C21H18O. The first-order valence-corrected chi connectivity index (χ1v) is 7.26. The van der Waals surface area contributed by atoms with Crippen molar-refractivity contribution in [1.82, 2.24) is 0 Å². The van der Waals surface area contributed by atoms with Crippen molar-refractivity contribution in [3.63, 3.8) is 0 Å². The molecule has 2 aromatic carbocycles. The number of ketones is 1. The molecule has 0 aliphatic carbocycles. The maximum atomic E-state index is 12.1. The summed E-state index contributed by atoms with van der Waals surface area (Å²) in [6.07, 6.45) is 0.909. The average molecular weight is 286 g/mol. The Balaban J connectivity index is 1.96. The van der Waals surface area contributed by atoms with Gasteiger partial charge in [0.05, 0.1) is 0 Å². The Morgan fingerprint density at radius 2 is 1.09 bits per heavy atom. The Kier molecular flexibility index (Phi) is 5.58. The molecule has 2 aromatic rings. The molecule has 0 saturated heterocycles. The van der Waals surface area contributed by atoms with Gasteiger partial charge in [0.15, 0.2) is 0 Å². The Morgan fingerprint density at radius 1 is 0.727 bits per heavy atom. The number of benzene rings is 2. The van der Waals surface area contributed by atoms with E-state index in [4.69, 9.17) is 0 Å². The highest BCUT2D eigenvalue weighted by Crippen LogP contribution is 2.09. The van der Waals surface area contributed by atoms with Gasteiger partial charge < -0.3 is 0 Å². The van der Waals surface area contributed by atoms with Crippen LogP contribution < -0.4 is 0 Å². The molecule has 0 spiro atoms. The molecule has 1 nitrogen and oxygen atoms in total. The van der Waals surface area contributed by atoms with Crippen LogP contribution in [0.2, 0.25) is 0 Å². The molecule has 0 radical (unpaired) electrons. The van der Waals surface area contributed by atoms with E-state index in [2.05, 4.69) is 23.7 Å². The van der Waals surface area contributed by atoms with Crippen LogP contribution in [0.25, 0.3) is 0 Å². The molecule has 22 heavy (non-hydrogen) atoms. The minimum atomic E-state index is 0.212. The van der Waals surface area contributed by atoms with Gasteiger partial charge in [-0.2, -0.15) is 0 Å². The van der Waals surface area contributed by atoms with Gasteiger partial charge in [-0.25, -0.2) is 0 Å². The summed E-state index contributed by atoms with van der Waals surface area (Å²) in [5.74, 6) is 11.9. The highest BCUT2D eigenvalue weighted by Gasteiger charge is 2.05. The first kappa shape index (κ1) is 15.6. The standard InChI is InChI=1S/C21H18O/c1-3-5-17-7-11-19(12-8-17)15-21(22)16-20-13-9-18(6-4-2)10-14-20/h7-14H,15-16H2,1-2H3. The molecule has 0 saturated carbocycles. The molecule has 2 rings (SSSR count). The Bertz CT molecular complexity index is 690. The van der Waals surface area contributed by atoms with E-state index in [1.54, 1.807) is 0 Å². The molecule has 0 unspecified atom stereocenters. The number of rotatable bonds is 4. The van der Waals surface area contributed by atoms with Crippen molar-refractivity contribution >= 4 is 5.78 Å². The van der Waals surface area contributed by atoms with Crippen LogP contribution >= 0.6 is 0 Å². The molecular weight excluding hydrogens is 268 g/mol. The largest absolute Gasteiger partial charge is 0.299 e. The van der Waals surface area contributed by atoms with E-state index in [-0.39, 0.29) is 5.78 Å². The third-order valence-electron chi connectivity index (χ3n) is 3.25. The van der Waals surface area contributed by atoms with Crippen molar-refractivity contribution in [1.29, 1.82) is 0 Å². The molecule has 0 bridgehead atoms. The van der Waals surface area contributed by atoms with E-state index in [1.807, 2.05) is 62.4 Å². The SMILES string of the molecule is CC#Cc1ccc(CC(=O)Cc2ccc(C#CC)cc2)cc1. The molecule has 0 fully saturated rings. The summed E-state index contributed by atoms with van der Waals surface area (Å²) >= 11 is 0. The molecule has 1 heteroatoms. The van der Waals surface area contributed by atoms with Gasteiger partial charge in [-0.15, -0.1) is 11.8 Å². The zero-order valence-electron chi connectivity index (χ0n) is 12.9. The van der Waals surface area contributed by atoms with E-state index in [9.17, 15) is 4.79 Å². The summed E-state index contributed by atoms with van der Waals surface area (Å²) in [5, 5.41) is 0. The quantitative estimate of drug-likeness (QED) is 0.782. The second kappa shape index (κ2) is 7.87. The summed E-state index contributed by atoms with van der Waals surface area (Å²) in [6, 6.07) is 15.7. The van der Waals surface area contributed by atoms with Crippen molar-refractivity contribution in [3.05, 3.63) is 70.8 Å². The number of carbonyl (C=O) groups is 1. The first-order valence-electron chi connectivity index (χ1n) is 7.26. The van der Waals surface area contributed by atoms with E-state index >= 15 is 0 Å². The van der Waals surface area contributed by atoms with Gasteiger partial charge in [-0.05, 0) is 49.2 Å². The van der Waals surface area contributed by atoms with Crippen LogP contribution in [0, 0.1) is 23.7 Å².